The lowest BCUT2D eigenvalue weighted by Crippen LogP contribution is -2.33. The lowest BCUT2D eigenvalue weighted by atomic mass is 10.1. The monoisotopic (exact) mass is 394 g/mol. The molecule has 3 atom stereocenters. The van der Waals surface area contributed by atoms with Crippen molar-refractivity contribution in [3.63, 3.8) is 0 Å². The molecule has 6 nitrogen and oxygen atoms in total. The van der Waals surface area contributed by atoms with Crippen LogP contribution in [0.5, 0.6) is 0 Å². The zero-order valence-electron chi connectivity index (χ0n) is 16.7. The van der Waals surface area contributed by atoms with Crippen LogP contribution in [0.4, 0.5) is 0 Å². The number of likely N-dealkylation sites (tertiary alicyclic amines) is 1. The van der Waals surface area contributed by atoms with Crippen LogP contribution in [0, 0.1) is 5.92 Å². The van der Waals surface area contributed by atoms with E-state index in [9.17, 15) is 14.4 Å². The summed E-state index contributed by atoms with van der Waals surface area (Å²) < 4.78 is 5.18. The molecule has 0 radical (unpaired) electrons. The van der Waals surface area contributed by atoms with Crippen molar-refractivity contribution in [3.05, 3.63) is 71.8 Å². The van der Waals surface area contributed by atoms with Crippen molar-refractivity contribution >= 4 is 17.8 Å². The maximum absolute atomic E-state index is 12.4. The van der Waals surface area contributed by atoms with E-state index in [1.54, 1.807) is 4.90 Å². The molecular weight excluding hydrogens is 368 g/mol. The Morgan fingerprint density at radius 2 is 1.62 bits per heavy atom. The second-order valence-electron chi connectivity index (χ2n) is 7.34. The number of amides is 2. The molecule has 0 aromatic heterocycles. The zero-order valence-corrected chi connectivity index (χ0v) is 16.7. The van der Waals surface area contributed by atoms with Gasteiger partial charge in [-0.25, -0.2) is 0 Å². The van der Waals surface area contributed by atoms with Gasteiger partial charge in [-0.05, 0) is 25.0 Å². The summed E-state index contributed by atoms with van der Waals surface area (Å²) in [5.74, 6) is -1.50. The standard InChI is InChI=1S/C23H26N2O4/c1-16(18-9-5-3-6-10-18)24-21(26)15-29-23(28)20-13-22(27)25(14-20)17(2)19-11-7-4-8-12-19/h3-12,16-17,20H,13-15H2,1-2H3,(H,24,26)/t16-,17+,20-/m1/s1. The van der Waals surface area contributed by atoms with Crippen molar-refractivity contribution in [2.75, 3.05) is 13.2 Å². The normalized spacial score (nSPS) is 18.2. The molecule has 0 spiro atoms. The van der Waals surface area contributed by atoms with Gasteiger partial charge < -0.3 is 15.0 Å². The van der Waals surface area contributed by atoms with Crippen LogP contribution in [-0.4, -0.2) is 35.8 Å². The third kappa shape index (κ3) is 5.22. The molecule has 2 aromatic carbocycles. The number of hydrogen-bond acceptors (Lipinski definition) is 4. The van der Waals surface area contributed by atoms with Crippen LogP contribution in [0.2, 0.25) is 0 Å². The molecule has 3 rings (SSSR count). The van der Waals surface area contributed by atoms with Gasteiger partial charge in [0, 0.05) is 13.0 Å². The minimum atomic E-state index is -0.548. The molecule has 2 aromatic rings. The average Bonchev–Trinajstić information content (AvgIpc) is 3.14. The predicted octanol–water partition coefficient (Wildman–Crippen LogP) is 3.02. The van der Waals surface area contributed by atoms with Crippen molar-refractivity contribution in [3.8, 4) is 0 Å². The van der Waals surface area contributed by atoms with Crippen LogP contribution in [0.1, 0.15) is 43.5 Å². The molecule has 1 fully saturated rings. The summed E-state index contributed by atoms with van der Waals surface area (Å²) in [7, 11) is 0. The molecule has 1 aliphatic heterocycles. The molecular formula is C23H26N2O4. The third-order valence-corrected chi connectivity index (χ3v) is 5.26. The molecule has 29 heavy (non-hydrogen) atoms. The van der Waals surface area contributed by atoms with E-state index in [0.717, 1.165) is 11.1 Å². The van der Waals surface area contributed by atoms with Crippen molar-refractivity contribution in [2.24, 2.45) is 5.92 Å². The Balaban J connectivity index is 1.48. The molecule has 0 unspecified atom stereocenters. The topological polar surface area (TPSA) is 75.7 Å². The lowest BCUT2D eigenvalue weighted by Gasteiger charge is -2.25. The number of hydrogen-bond donors (Lipinski definition) is 1. The Bertz CT molecular complexity index is 854. The minimum absolute atomic E-state index is 0.0783. The number of carbonyl (C=O) groups excluding carboxylic acids is 3. The van der Waals surface area contributed by atoms with E-state index in [4.69, 9.17) is 4.74 Å². The van der Waals surface area contributed by atoms with Crippen LogP contribution < -0.4 is 5.32 Å². The van der Waals surface area contributed by atoms with E-state index in [1.807, 2.05) is 74.5 Å². The Labute approximate surface area is 170 Å². The van der Waals surface area contributed by atoms with Gasteiger partial charge in [0.25, 0.3) is 5.91 Å². The Morgan fingerprint density at radius 3 is 2.24 bits per heavy atom. The van der Waals surface area contributed by atoms with Crippen LogP contribution in [0.3, 0.4) is 0 Å². The summed E-state index contributed by atoms with van der Waals surface area (Å²) in [4.78, 5) is 38.6. The zero-order chi connectivity index (χ0) is 20.8. The molecule has 0 aliphatic carbocycles. The van der Waals surface area contributed by atoms with Crippen LogP contribution in [0.25, 0.3) is 0 Å². The molecule has 152 valence electrons. The molecule has 1 aliphatic rings. The first kappa shape index (κ1) is 20.6. The van der Waals surface area contributed by atoms with E-state index in [1.165, 1.54) is 0 Å². The predicted molar refractivity (Wildman–Crippen MR) is 109 cm³/mol. The SMILES string of the molecule is C[C@@H](NC(=O)COC(=O)[C@@H]1CC(=O)N([C@@H](C)c2ccccc2)C1)c1ccccc1. The number of nitrogens with zero attached hydrogens (tertiary/aromatic N) is 1. The molecule has 1 heterocycles. The number of carbonyl (C=O) groups is 3. The second kappa shape index (κ2) is 9.37. The van der Waals surface area contributed by atoms with Gasteiger partial charge in [0.15, 0.2) is 6.61 Å². The first-order valence-corrected chi connectivity index (χ1v) is 9.81. The Morgan fingerprint density at radius 1 is 1.03 bits per heavy atom. The smallest absolute Gasteiger partial charge is 0.311 e. The molecule has 0 saturated carbocycles. The van der Waals surface area contributed by atoms with Gasteiger partial charge in [0.05, 0.1) is 18.0 Å². The van der Waals surface area contributed by atoms with E-state index in [0.29, 0.717) is 6.54 Å². The summed E-state index contributed by atoms with van der Waals surface area (Å²) in [6.07, 6.45) is 0.109. The van der Waals surface area contributed by atoms with Crippen LogP contribution in [-0.2, 0) is 19.1 Å². The summed E-state index contributed by atoms with van der Waals surface area (Å²) in [6, 6.07) is 18.9. The highest BCUT2D eigenvalue weighted by Gasteiger charge is 2.38. The van der Waals surface area contributed by atoms with E-state index >= 15 is 0 Å². The number of rotatable bonds is 7. The quantitative estimate of drug-likeness (QED) is 0.733. The lowest BCUT2D eigenvalue weighted by molar-refractivity contribution is -0.152. The van der Waals surface area contributed by atoms with Crippen LogP contribution in [0.15, 0.2) is 60.7 Å². The molecule has 1 saturated heterocycles. The summed E-state index contributed by atoms with van der Waals surface area (Å²) >= 11 is 0. The van der Waals surface area contributed by atoms with Gasteiger partial charge in [-0.3, -0.25) is 14.4 Å². The first-order valence-electron chi connectivity index (χ1n) is 9.81. The average molecular weight is 394 g/mol. The third-order valence-electron chi connectivity index (χ3n) is 5.26. The van der Waals surface area contributed by atoms with Crippen molar-refractivity contribution in [1.29, 1.82) is 0 Å². The van der Waals surface area contributed by atoms with Gasteiger partial charge in [0.1, 0.15) is 0 Å². The van der Waals surface area contributed by atoms with E-state index < -0.39 is 11.9 Å². The maximum atomic E-state index is 12.4. The Kier molecular flexibility index (Phi) is 6.65. The van der Waals surface area contributed by atoms with Crippen molar-refractivity contribution in [2.45, 2.75) is 32.4 Å². The van der Waals surface area contributed by atoms with Gasteiger partial charge in [-0.15, -0.1) is 0 Å². The van der Waals surface area contributed by atoms with Crippen LogP contribution >= 0.6 is 0 Å². The highest BCUT2D eigenvalue weighted by Crippen LogP contribution is 2.29. The number of nitrogens with one attached hydrogen (secondary N) is 1. The molecule has 6 heteroatoms. The van der Waals surface area contributed by atoms with E-state index in [-0.39, 0.29) is 36.9 Å². The van der Waals surface area contributed by atoms with Crippen molar-refractivity contribution < 1.29 is 19.1 Å². The second-order valence-corrected chi connectivity index (χ2v) is 7.34. The largest absolute Gasteiger partial charge is 0.455 e. The number of benzene rings is 2. The summed E-state index contributed by atoms with van der Waals surface area (Å²) in [5.41, 5.74) is 1.99. The van der Waals surface area contributed by atoms with Gasteiger partial charge in [-0.1, -0.05) is 60.7 Å². The van der Waals surface area contributed by atoms with Crippen molar-refractivity contribution in [1.82, 2.24) is 10.2 Å². The maximum Gasteiger partial charge on any atom is 0.311 e. The van der Waals surface area contributed by atoms with Gasteiger partial charge in [-0.2, -0.15) is 0 Å². The number of ether oxygens (including phenoxy) is 1. The first-order chi connectivity index (χ1) is 14.0. The van der Waals surface area contributed by atoms with Gasteiger partial charge in [0.2, 0.25) is 5.91 Å². The Hall–Kier alpha value is -3.15. The van der Waals surface area contributed by atoms with E-state index in [2.05, 4.69) is 5.32 Å². The fraction of sp³-hybridized carbons (Fsp3) is 0.348. The summed E-state index contributed by atoms with van der Waals surface area (Å²) in [6.45, 7) is 3.76. The fourth-order valence-corrected chi connectivity index (χ4v) is 3.54. The van der Waals surface area contributed by atoms with Gasteiger partial charge >= 0.3 is 5.97 Å². The highest BCUT2D eigenvalue weighted by atomic mass is 16.5. The fourth-order valence-electron chi connectivity index (χ4n) is 3.54. The minimum Gasteiger partial charge on any atom is -0.455 e. The molecule has 0 bridgehead atoms. The number of esters is 1. The molecule has 1 N–H and O–H groups in total. The molecule has 2 amide bonds. The summed E-state index contributed by atoms with van der Waals surface area (Å²) in [5, 5.41) is 2.81. The highest BCUT2D eigenvalue weighted by molar-refractivity contribution is 5.88.